The predicted molar refractivity (Wildman–Crippen MR) is 72.6 cm³/mol. The summed E-state index contributed by atoms with van der Waals surface area (Å²) in [6.07, 6.45) is -4.72. The Morgan fingerprint density at radius 3 is 2.35 bits per heavy atom. The van der Waals surface area contributed by atoms with Crippen LogP contribution in [0.1, 0.15) is 39.3 Å². The molecule has 0 aromatic heterocycles. The topological polar surface area (TPSA) is 44.3 Å². The highest BCUT2D eigenvalue weighted by molar-refractivity contribution is 7.90. The van der Waals surface area contributed by atoms with Gasteiger partial charge in [-0.3, -0.25) is 0 Å². The third-order valence-electron chi connectivity index (χ3n) is 2.43. The molecule has 0 fully saturated rings. The van der Waals surface area contributed by atoms with Crippen molar-refractivity contribution in [1.29, 1.82) is 0 Å². The minimum Gasteiger partial charge on any atom is -0.598 e. The first kappa shape index (κ1) is 17.1. The first-order valence-corrected chi connectivity index (χ1v) is 7.18. The lowest BCUT2D eigenvalue weighted by Crippen LogP contribution is -2.40. The summed E-state index contributed by atoms with van der Waals surface area (Å²) in [7, 11) is 0. The largest absolute Gasteiger partial charge is 0.598 e. The van der Waals surface area contributed by atoms with E-state index in [1.807, 2.05) is 20.8 Å². The molecule has 0 bridgehead atoms. The maximum Gasteiger partial charge on any atom is 0.573 e. The molecule has 1 unspecified atom stereocenters. The van der Waals surface area contributed by atoms with Crippen molar-refractivity contribution in [1.82, 2.24) is 4.72 Å². The molecule has 0 heterocycles. The molecular weight excluding hydrogens is 291 g/mol. The first-order valence-electron chi connectivity index (χ1n) is 6.03. The molecule has 1 aromatic carbocycles. The number of hydrogen-bond donors (Lipinski definition) is 1. The second-order valence-corrected chi connectivity index (χ2v) is 7.34. The van der Waals surface area contributed by atoms with E-state index < -0.39 is 22.5 Å². The molecule has 1 aromatic rings. The highest BCUT2D eigenvalue weighted by atomic mass is 32.2. The summed E-state index contributed by atoms with van der Waals surface area (Å²) in [5.74, 6) is -0.287. The zero-order valence-electron chi connectivity index (χ0n) is 11.7. The molecule has 7 heteroatoms. The highest BCUT2D eigenvalue weighted by Gasteiger charge is 2.32. The molecule has 0 spiro atoms. The molecule has 3 nitrogen and oxygen atoms in total. The van der Waals surface area contributed by atoms with Gasteiger partial charge in [-0.1, -0.05) is 12.1 Å². The lowest BCUT2D eigenvalue weighted by Gasteiger charge is -2.26. The number of ether oxygens (including phenoxy) is 1. The SMILES string of the molecule is C[C@H](N[S+]([O-])C(C)(C)C)c1cccc(OC(F)(F)F)c1. The number of rotatable bonds is 4. The van der Waals surface area contributed by atoms with Gasteiger partial charge in [0.2, 0.25) is 0 Å². The van der Waals surface area contributed by atoms with E-state index in [0.717, 1.165) is 0 Å². The van der Waals surface area contributed by atoms with Crippen LogP contribution in [0.15, 0.2) is 24.3 Å². The molecule has 0 saturated heterocycles. The Hall–Kier alpha value is -0.920. The van der Waals surface area contributed by atoms with E-state index in [9.17, 15) is 17.7 Å². The Labute approximate surface area is 119 Å². The lowest BCUT2D eigenvalue weighted by atomic mass is 10.1. The summed E-state index contributed by atoms with van der Waals surface area (Å²) in [4.78, 5) is 0. The maximum atomic E-state index is 12.2. The summed E-state index contributed by atoms with van der Waals surface area (Å²) in [6, 6.07) is 5.27. The zero-order chi connectivity index (χ0) is 15.6. The first-order chi connectivity index (χ1) is 8.99. The Morgan fingerprint density at radius 1 is 1.25 bits per heavy atom. The van der Waals surface area contributed by atoms with E-state index in [2.05, 4.69) is 9.46 Å². The molecule has 0 amide bonds. The Balaban J connectivity index is 2.79. The van der Waals surface area contributed by atoms with E-state index in [1.54, 1.807) is 13.0 Å². The van der Waals surface area contributed by atoms with Gasteiger partial charge in [-0.2, -0.15) is 0 Å². The van der Waals surface area contributed by atoms with E-state index in [0.29, 0.717) is 5.56 Å². The minimum atomic E-state index is -4.72. The van der Waals surface area contributed by atoms with Crippen molar-refractivity contribution in [3.05, 3.63) is 29.8 Å². The third kappa shape index (κ3) is 5.60. The third-order valence-corrected chi connectivity index (χ3v) is 4.11. The quantitative estimate of drug-likeness (QED) is 0.863. The van der Waals surface area contributed by atoms with Gasteiger partial charge in [0.25, 0.3) is 0 Å². The molecule has 1 rings (SSSR count). The Kier molecular flexibility index (Phi) is 5.34. The van der Waals surface area contributed by atoms with Crippen LogP contribution in [-0.4, -0.2) is 15.7 Å². The van der Waals surface area contributed by atoms with Crippen LogP contribution in [0, 0.1) is 0 Å². The Morgan fingerprint density at radius 2 is 1.85 bits per heavy atom. The van der Waals surface area contributed by atoms with Gasteiger partial charge in [-0.05, 0) is 45.4 Å². The van der Waals surface area contributed by atoms with Crippen LogP contribution < -0.4 is 9.46 Å². The van der Waals surface area contributed by atoms with Gasteiger partial charge in [0.1, 0.15) is 10.5 Å². The molecular formula is C13H18F3NO2S. The van der Waals surface area contributed by atoms with Crippen LogP contribution in [0.4, 0.5) is 13.2 Å². The normalized spacial score (nSPS) is 15.8. The van der Waals surface area contributed by atoms with Crippen molar-refractivity contribution in [3.63, 3.8) is 0 Å². The molecule has 1 N–H and O–H groups in total. The number of benzene rings is 1. The fourth-order valence-electron chi connectivity index (χ4n) is 1.39. The molecule has 0 radical (unpaired) electrons. The van der Waals surface area contributed by atoms with Crippen LogP contribution in [0.5, 0.6) is 5.75 Å². The van der Waals surface area contributed by atoms with Gasteiger partial charge < -0.3 is 9.29 Å². The van der Waals surface area contributed by atoms with Gasteiger partial charge in [0.05, 0.1) is 6.04 Å². The maximum absolute atomic E-state index is 12.2. The number of nitrogens with one attached hydrogen (secondary N) is 1. The fraction of sp³-hybridized carbons (Fsp3) is 0.538. The van der Waals surface area contributed by atoms with Crippen LogP contribution in [0.25, 0.3) is 0 Å². The van der Waals surface area contributed by atoms with E-state index in [4.69, 9.17) is 0 Å². The molecule has 0 saturated carbocycles. The second kappa shape index (κ2) is 6.24. The fourth-order valence-corrected chi connectivity index (χ4v) is 2.20. The van der Waals surface area contributed by atoms with Crippen LogP contribution in [0.3, 0.4) is 0 Å². The molecule has 20 heavy (non-hydrogen) atoms. The van der Waals surface area contributed by atoms with E-state index in [1.165, 1.54) is 18.2 Å². The summed E-state index contributed by atoms with van der Waals surface area (Å²) in [6.45, 7) is 7.17. The molecule has 0 aliphatic heterocycles. The molecule has 0 aliphatic carbocycles. The predicted octanol–water partition coefficient (Wildman–Crippen LogP) is 3.70. The van der Waals surface area contributed by atoms with Crippen LogP contribution in [-0.2, 0) is 11.4 Å². The minimum absolute atomic E-state index is 0.287. The van der Waals surface area contributed by atoms with Crippen molar-refractivity contribution in [2.75, 3.05) is 0 Å². The molecule has 2 atom stereocenters. The number of halogens is 3. The van der Waals surface area contributed by atoms with Gasteiger partial charge >= 0.3 is 6.36 Å². The van der Waals surface area contributed by atoms with Gasteiger partial charge in [-0.25, -0.2) is 0 Å². The van der Waals surface area contributed by atoms with E-state index in [-0.39, 0.29) is 11.8 Å². The number of alkyl halides is 3. The average Bonchev–Trinajstić information content (AvgIpc) is 2.25. The summed E-state index contributed by atoms with van der Waals surface area (Å²) < 4.78 is 54.7. The second-order valence-electron chi connectivity index (χ2n) is 5.34. The van der Waals surface area contributed by atoms with Crippen LogP contribution >= 0.6 is 0 Å². The summed E-state index contributed by atoms with van der Waals surface area (Å²) in [5.41, 5.74) is 0.573. The average molecular weight is 309 g/mol. The van der Waals surface area contributed by atoms with Crippen molar-refractivity contribution >= 4 is 11.4 Å². The smallest absolute Gasteiger partial charge is 0.573 e. The van der Waals surface area contributed by atoms with Crippen molar-refractivity contribution in [3.8, 4) is 5.75 Å². The number of hydrogen-bond acceptors (Lipinski definition) is 3. The van der Waals surface area contributed by atoms with Gasteiger partial charge in [0, 0.05) is 11.4 Å². The molecule has 0 aliphatic rings. The summed E-state index contributed by atoms with van der Waals surface area (Å²) >= 11 is -1.31. The highest BCUT2D eigenvalue weighted by Crippen LogP contribution is 2.26. The molecule has 114 valence electrons. The zero-order valence-corrected chi connectivity index (χ0v) is 12.6. The summed E-state index contributed by atoms with van der Waals surface area (Å²) in [5, 5.41) is 0. The van der Waals surface area contributed by atoms with Crippen molar-refractivity contribution in [2.45, 2.75) is 44.8 Å². The standard InChI is InChI=1S/C13H18F3NO2S/c1-9(17-20(18)12(2,3)4)10-6-5-7-11(8-10)19-13(14,15)16/h5-9,17H,1-4H3/t9-,20?/m0/s1. The van der Waals surface area contributed by atoms with Crippen LogP contribution in [0.2, 0.25) is 0 Å². The van der Waals surface area contributed by atoms with E-state index >= 15 is 0 Å². The van der Waals surface area contributed by atoms with Gasteiger partial charge in [-0.15, -0.1) is 17.9 Å². The Bertz CT molecular complexity index is 446. The monoisotopic (exact) mass is 309 g/mol. The van der Waals surface area contributed by atoms with Crippen molar-refractivity contribution < 1.29 is 22.5 Å². The van der Waals surface area contributed by atoms with Gasteiger partial charge in [0.15, 0.2) is 0 Å². The lowest BCUT2D eigenvalue weighted by molar-refractivity contribution is -0.274. The van der Waals surface area contributed by atoms with Crippen molar-refractivity contribution in [2.24, 2.45) is 0 Å².